The quantitative estimate of drug-likeness (QED) is 0.872. The molecule has 18 heavy (non-hydrogen) atoms. The van der Waals surface area contributed by atoms with Crippen LogP contribution < -0.4 is 5.32 Å². The van der Waals surface area contributed by atoms with Crippen LogP contribution in [0.4, 0.5) is 5.82 Å². The molecule has 0 saturated heterocycles. The Labute approximate surface area is 107 Å². The zero-order chi connectivity index (χ0) is 13.3. The van der Waals surface area contributed by atoms with Gasteiger partial charge in [-0.1, -0.05) is 24.3 Å². The lowest BCUT2D eigenvalue weighted by Gasteiger charge is -2.30. The summed E-state index contributed by atoms with van der Waals surface area (Å²) < 4.78 is 0. The van der Waals surface area contributed by atoms with Gasteiger partial charge >= 0.3 is 0 Å². The number of hydrogen-bond acceptors (Lipinski definition) is 4. The average Bonchev–Trinajstić information content (AvgIpc) is 2.33. The van der Waals surface area contributed by atoms with Crippen molar-refractivity contribution in [1.82, 2.24) is 10.2 Å². The number of anilines is 1. The molecule has 1 aromatic carbocycles. The van der Waals surface area contributed by atoms with Gasteiger partial charge in [0.25, 0.3) is 0 Å². The van der Waals surface area contributed by atoms with Crippen molar-refractivity contribution in [3.63, 3.8) is 0 Å². The molecular formula is C14H19N3O. The molecule has 1 unspecified atom stereocenters. The highest BCUT2D eigenvalue weighted by Crippen LogP contribution is 2.25. The van der Waals surface area contributed by atoms with Crippen LogP contribution in [0, 0.1) is 6.92 Å². The van der Waals surface area contributed by atoms with Crippen LogP contribution in [0.1, 0.15) is 26.5 Å². The van der Waals surface area contributed by atoms with Crippen molar-refractivity contribution in [2.45, 2.75) is 39.3 Å². The number of nitrogens with zero attached hydrogens (tertiary/aromatic N) is 2. The minimum atomic E-state index is -0.487. The van der Waals surface area contributed by atoms with E-state index in [2.05, 4.69) is 15.5 Å². The molecule has 2 aromatic rings. The number of aliphatic hydroxyl groups excluding tert-OH is 1. The first-order valence-corrected chi connectivity index (χ1v) is 6.10. The molecule has 1 heterocycles. The minimum absolute atomic E-state index is 0.452. The number of aryl methyl sites for hydroxylation is 1. The summed E-state index contributed by atoms with van der Waals surface area (Å²) in [5.41, 5.74) is 0.457. The molecule has 96 valence electrons. The predicted molar refractivity (Wildman–Crippen MR) is 73.7 cm³/mol. The Kier molecular flexibility index (Phi) is 3.22. The Bertz CT molecular complexity index is 564. The number of fused-ring (bicyclic) bond motifs is 1. The van der Waals surface area contributed by atoms with Crippen molar-refractivity contribution >= 4 is 16.6 Å². The fourth-order valence-electron chi connectivity index (χ4n) is 1.74. The second kappa shape index (κ2) is 4.53. The van der Waals surface area contributed by atoms with Gasteiger partial charge in [-0.2, -0.15) is 5.10 Å². The van der Waals surface area contributed by atoms with E-state index in [9.17, 15) is 5.11 Å². The summed E-state index contributed by atoms with van der Waals surface area (Å²) in [4.78, 5) is 0. The Hall–Kier alpha value is -1.68. The Balaban J connectivity index is 2.50. The van der Waals surface area contributed by atoms with Crippen LogP contribution in [0.25, 0.3) is 10.8 Å². The molecule has 0 aliphatic heterocycles. The van der Waals surface area contributed by atoms with Crippen LogP contribution in [-0.4, -0.2) is 26.9 Å². The van der Waals surface area contributed by atoms with E-state index in [4.69, 9.17) is 0 Å². The minimum Gasteiger partial charge on any atom is -0.391 e. The molecule has 0 fully saturated rings. The van der Waals surface area contributed by atoms with Gasteiger partial charge in [0, 0.05) is 10.8 Å². The Morgan fingerprint density at radius 2 is 1.78 bits per heavy atom. The molecule has 0 bridgehead atoms. The first kappa shape index (κ1) is 12.8. The summed E-state index contributed by atoms with van der Waals surface area (Å²) in [6.07, 6.45) is -0.487. The number of rotatable bonds is 3. The lowest BCUT2D eigenvalue weighted by atomic mass is 9.98. The second-order valence-electron chi connectivity index (χ2n) is 5.20. The van der Waals surface area contributed by atoms with Gasteiger partial charge in [0.05, 0.1) is 17.3 Å². The van der Waals surface area contributed by atoms with Crippen LogP contribution in [0.3, 0.4) is 0 Å². The molecule has 0 spiro atoms. The Morgan fingerprint density at radius 1 is 1.17 bits per heavy atom. The van der Waals surface area contributed by atoms with E-state index in [1.54, 1.807) is 6.92 Å². The molecule has 2 N–H and O–H groups in total. The molecule has 4 heteroatoms. The van der Waals surface area contributed by atoms with Gasteiger partial charge in [0.2, 0.25) is 0 Å². The third-order valence-corrected chi connectivity index (χ3v) is 3.36. The van der Waals surface area contributed by atoms with Crippen LogP contribution in [0.15, 0.2) is 24.3 Å². The summed E-state index contributed by atoms with van der Waals surface area (Å²) >= 11 is 0. The molecule has 2 rings (SSSR count). The molecule has 0 aliphatic rings. The first-order valence-electron chi connectivity index (χ1n) is 6.10. The summed E-state index contributed by atoms with van der Waals surface area (Å²) in [5.74, 6) is 0.710. The lowest BCUT2D eigenvalue weighted by Crippen LogP contribution is -2.42. The number of aromatic nitrogens is 2. The highest BCUT2D eigenvalue weighted by molar-refractivity contribution is 5.93. The van der Waals surface area contributed by atoms with Crippen molar-refractivity contribution in [3.05, 3.63) is 30.0 Å². The molecule has 0 saturated carbocycles. The van der Waals surface area contributed by atoms with E-state index >= 15 is 0 Å². The van der Waals surface area contributed by atoms with E-state index in [1.165, 1.54) is 0 Å². The summed E-state index contributed by atoms with van der Waals surface area (Å²) in [6, 6.07) is 8.00. The van der Waals surface area contributed by atoms with Crippen LogP contribution in [0.5, 0.6) is 0 Å². The number of hydrogen-bond donors (Lipinski definition) is 2. The molecule has 1 aromatic heterocycles. The zero-order valence-electron chi connectivity index (χ0n) is 11.2. The van der Waals surface area contributed by atoms with Crippen molar-refractivity contribution in [2.75, 3.05) is 5.32 Å². The van der Waals surface area contributed by atoms with Crippen LogP contribution >= 0.6 is 0 Å². The van der Waals surface area contributed by atoms with Crippen LogP contribution in [-0.2, 0) is 0 Å². The normalized spacial score (nSPS) is 13.6. The maximum Gasteiger partial charge on any atom is 0.157 e. The van der Waals surface area contributed by atoms with Gasteiger partial charge in [-0.05, 0) is 27.7 Å². The largest absolute Gasteiger partial charge is 0.391 e. The highest BCUT2D eigenvalue weighted by atomic mass is 16.3. The van der Waals surface area contributed by atoms with Gasteiger partial charge in [-0.25, -0.2) is 0 Å². The molecule has 0 aliphatic carbocycles. The van der Waals surface area contributed by atoms with Gasteiger partial charge < -0.3 is 10.4 Å². The maximum atomic E-state index is 9.76. The van der Waals surface area contributed by atoms with Crippen LogP contribution in [0.2, 0.25) is 0 Å². The highest BCUT2D eigenvalue weighted by Gasteiger charge is 2.25. The monoisotopic (exact) mass is 245 g/mol. The van der Waals surface area contributed by atoms with Crippen molar-refractivity contribution in [1.29, 1.82) is 0 Å². The average molecular weight is 245 g/mol. The molecule has 0 amide bonds. The first-order chi connectivity index (χ1) is 8.42. The van der Waals surface area contributed by atoms with Crippen molar-refractivity contribution in [2.24, 2.45) is 0 Å². The fourth-order valence-corrected chi connectivity index (χ4v) is 1.74. The standard InChI is InChI=1S/C14H19N3O/c1-9-11-7-5-6-8-12(11)13(17-16-9)15-14(3,4)10(2)18/h5-8,10,18H,1-4H3,(H,15,17). The molecular weight excluding hydrogens is 226 g/mol. The summed E-state index contributed by atoms with van der Waals surface area (Å²) in [7, 11) is 0. The molecule has 0 radical (unpaired) electrons. The number of benzene rings is 1. The van der Waals surface area contributed by atoms with E-state index in [0.717, 1.165) is 16.5 Å². The molecule has 1 atom stereocenters. The molecule has 4 nitrogen and oxygen atoms in total. The smallest absolute Gasteiger partial charge is 0.157 e. The van der Waals surface area contributed by atoms with E-state index in [-0.39, 0.29) is 0 Å². The van der Waals surface area contributed by atoms with Gasteiger partial charge in [0.15, 0.2) is 5.82 Å². The SMILES string of the molecule is Cc1nnc(NC(C)(C)C(C)O)c2ccccc12. The zero-order valence-corrected chi connectivity index (χ0v) is 11.2. The predicted octanol–water partition coefficient (Wildman–Crippen LogP) is 2.51. The maximum absolute atomic E-state index is 9.76. The van der Waals surface area contributed by atoms with Crippen molar-refractivity contribution in [3.8, 4) is 0 Å². The number of aliphatic hydroxyl groups is 1. The van der Waals surface area contributed by atoms with Gasteiger partial charge in [0.1, 0.15) is 0 Å². The van der Waals surface area contributed by atoms with Gasteiger partial charge in [-0.3, -0.25) is 0 Å². The summed E-state index contributed by atoms with van der Waals surface area (Å²) in [6.45, 7) is 7.58. The van der Waals surface area contributed by atoms with Crippen molar-refractivity contribution < 1.29 is 5.11 Å². The summed E-state index contributed by atoms with van der Waals surface area (Å²) in [5, 5.41) is 23.5. The van der Waals surface area contributed by atoms with Gasteiger partial charge in [-0.15, -0.1) is 5.10 Å². The van der Waals surface area contributed by atoms with E-state index in [0.29, 0.717) is 5.82 Å². The Morgan fingerprint density at radius 3 is 2.39 bits per heavy atom. The van der Waals surface area contributed by atoms with E-state index in [1.807, 2.05) is 45.0 Å². The fraction of sp³-hybridized carbons (Fsp3) is 0.429. The third-order valence-electron chi connectivity index (χ3n) is 3.36. The number of nitrogens with one attached hydrogen (secondary N) is 1. The topological polar surface area (TPSA) is 58.0 Å². The lowest BCUT2D eigenvalue weighted by molar-refractivity contribution is 0.133. The third kappa shape index (κ3) is 2.29. The van der Waals surface area contributed by atoms with E-state index < -0.39 is 11.6 Å². The second-order valence-corrected chi connectivity index (χ2v) is 5.20.